The number of benzene rings is 1. The molecule has 0 unspecified atom stereocenters. The SMILES string of the molecule is O=C(c1ccc(OCc2cn3ccccc3n2)cc1)N1CCN(C(=O)C2CC2)CC1. The summed E-state index contributed by atoms with van der Waals surface area (Å²) in [4.78, 5) is 33.2. The summed E-state index contributed by atoms with van der Waals surface area (Å²) in [6.45, 7) is 2.79. The van der Waals surface area contributed by atoms with Crippen molar-refractivity contribution in [1.29, 1.82) is 0 Å². The number of amides is 2. The monoisotopic (exact) mass is 404 g/mol. The molecule has 2 amide bonds. The van der Waals surface area contributed by atoms with E-state index in [0.717, 1.165) is 24.2 Å². The van der Waals surface area contributed by atoms with Crippen molar-refractivity contribution in [3.8, 4) is 5.75 Å². The highest BCUT2D eigenvalue weighted by atomic mass is 16.5. The van der Waals surface area contributed by atoms with E-state index in [9.17, 15) is 9.59 Å². The zero-order valence-electron chi connectivity index (χ0n) is 16.7. The molecule has 5 rings (SSSR count). The molecular weight excluding hydrogens is 380 g/mol. The van der Waals surface area contributed by atoms with Gasteiger partial charge in [0, 0.05) is 50.1 Å². The quantitative estimate of drug-likeness (QED) is 0.656. The average molecular weight is 404 g/mol. The van der Waals surface area contributed by atoms with E-state index in [0.29, 0.717) is 44.1 Å². The van der Waals surface area contributed by atoms with E-state index >= 15 is 0 Å². The molecule has 0 atom stereocenters. The lowest BCUT2D eigenvalue weighted by molar-refractivity contribution is -0.134. The Kier molecular flexibility index (Phi) is 4.86. The van der Waals surface area contributed by atoms with Crippen molar-refractivity contribution in [3.63, 3.8) is 0 Å². The van der Waals surface area contributed by atoms with Gasteiger partial charge in [0.25, 0.3) is 5.91 Å². The fourth-order valence-corrected chi connectivity index (χ4v) is 3.81. The number of ether oxygens (including phenoxy) is 1. The van der Waals surface area contributed by atoms with E-state index < -0.39 is 0 Å². The zero-order chi connectivity index (χ0) is 20.5. The Hall–Kier alpha value is -3.35. The lowest BCUT2D eigenvalue weighted by Crippen LogP contribution is -2.51. The van der Waals surface area contributed by atoms with Crippen LogP contribution in [0.4, 0.5) is 0 Å². The smallest absolute Gasteiger partial charge is 0.253 e. The molecule has 0 radical (unpaired) electrons. The van der Waals surface area contributed by atoms with Crippen LogP contribution in [0.5, 0.6) is 5.75 Å². The molecule has 1 aliphatic carbocycles. The summed E-state index contributed by atoms with van der Waals surface area (Å²) < 4.78 is 7.78. The van der Waals surface area contributed by atoms with Crippen LogP contribution in [0, 0.1) is 5.92 Å². The van der Waals surface area contributed by atoms with Crippen molar-refractivity contribution in [2.45, 2.75) is 19.4 Å². The number of aromatic nitrogens is 2. The third-order valence-electron chi connectivity index (χ3n) is 5.71. The topological polar surface area (TPSA) is 67.2 Å². The van der Waals surface area contributed by atoms with Gasteiger partial charge in [0.2, 0.25) is 5.91 Å². The zero-order valence-corrected chi connectivity index (χ0v) is 16.7. The number of hydrogen-bond donors (Lipinski definition) is 0. The molecule has 0 bridgehead atoms. The summed E-state index contributed by atoms with van der Waals surface area (Å²) in [7, 11) is 0. The van der Waals surface area contributed by atoms with Crippen LogP contribution in [0.15, 0.2) is 54.9 Å². The molecule has 1 aliphatic heterocycles. The Morgan fingerprint density at radius 1 is 0.967 bits per heavy atom. The van der Waals surface area contributed by atoms with E-state index in [1.165, 1.54) is 0 Å². The van der Waals surface area contributed by atoms with Gasteiger partial charge in [-0.05, 0) is 49.2 Å². The van der Waals surface area contributed by atoms with Crippen LogP contribution in [-0.2, 0) is 11.4 Å². The van der Waals surface area contributed by atoms with Crippen molar-refractivity contribution >= 4 is 17.5 Å². The van der Waals surface area contributed by atoms with Crippen LogP contribution >= 0.6 is 0 Å². The van der Waals surface area contributed by atoms with Crippen LogP contribution in [0.25, 0.3) is 5.65 Å². The molecule has 154 valence electrons. The van der Waals surface area contributed by atoms with Crippen molar-refractivity contribution in [2.75, 3.05) is 26.2 Å². The van der Waals surface area contributed by atoms with E-state index in [4.69, 9.17) is 4.74 Å². The largest absolute Gasteiger partial charge is 0.487 e. The normalized spacial score (nSPS) is 16.7. The van der Waals surface area contributed by atoms with Gasteiger partial charge >= 0.3 is 0 Å². The van der Waals surface area contributed by atoms with Crippen LogP contribution in [0.3, 0.4) is 0 Å². The molecule has 2 aromatic heterocycles. The molecule has 2 fully saturated rings. The number of imidazole rings is 1. The van der Waals surface area contributed by atoms with Crippen molar-refractivity contribution in [3.05, 3.63) is 66.1 Å². The molecule has 0 spiro atoms. The lowest BCUT2D eigenvalue weighted by atomic mass is 10.1. The first-order chi connectivity index (χ1) is 14.7. The van der Waals surface area contributed by atoms with Gasteiger partial charge in [0.05, 0.1) is 5.69 Å². The second-order valence-electron chi connectivity index (χ2n) is 7.90. The summed E-state index contributed by atoms with van der Waals surface area (Å²) in [5.74, 6) is 1.19. The van der Waals surface area contributed by atoms with E-state index in [2.05, 4.69) is 4.98 Å². The van der Waals surface area contributed by atoms with Gasteiger partial charge in [-0.15, -0.1) is 0 Å². The van der Waals surface area contributed by atoms with Crippen LogP contribution in [0.1, 0.15) is 28.9 Å². The third-order valence-corrected chi connectivity index (χ3v) is 5.71. The van der Waals surface area contributed by atoms with E-state index in [-0.39, 0.29) is 17.7 Å². The van der Waals surface area contributed by atoms with Crippen LogP contribution in [0.2, 0.25) is 0 Å². The summed E-state index contributed by atoms with van der Waals surface area (Å²) >= 11 is 0. The summed E-state index contributed by atoms with van der Waals surface area (Å²) in [5, 5.41) is 0. The standard InChI is InChI=1S/C23H24N4O3/c28-22(17-4-5-17)25-11-13-26(14-12-25)23(29)18-6-8-20(9-7-18)30-16-19-15-27-10-2-1-3-21(27)24-19/h1-3,6-10,15,17H,4-5,11-14,16H2. The fraction of sp³-hybridized carbons (Fsp3) is 0.348. The van der Waals surface area contributed by atoms with Gasteiger partial charge in [0.15, 0.2) is 0 Å². The number of carbonyl (C=O) groups is 2. The Morgan fingerprint density at radius 3 is 2.40 bits per heavy atom. The predicted molar refractivity (Wildman–Crippen MR) is 111 cm³/mol. The number of piperazine rings is 1. The maximum atomic E-state index is 12.8. The minimum absolute atomic E-state index is 0.000391. The molecule has 7 nitrogen and oxygen atoms in total. The van der Waals surface area contributed by atoms with E-state index in [1.54, 1.807) is 12.1 Å². The summed E-state index contributed by atoms with van der Waals surface area (Å²) in [6, 6.07) is 13.1. The number of carbonyl (C=O) groups excluding carboxylic acids is 2. The van der Waals surface area contributed by atoms with Gasteiger partial charge < -0.3 is 18.9 Å². The van der Waals surface area contributed by atoms with Crippen LogP contribution in [-0.4, -0.2) is 57.2 Å². The second kappa shape index (κ2) is 7.82. The highest BCUT2D eigenvalue weighted by molar-refractivity contribution is 5.94. The predicted octanol–water partition coefficient (Wildman–Crippen LogP) is 2.61. The number of fused-ring (bicyclic) bond motifs is 1. The number of rotatable bonds is 5. The molecule has 1 aromatic carbocycles. The third kappa shape index (κ3) is 3.87. The summed E-state index contributed by atoms with van der Waals surface area (Å²) in [6.07, 6.45) is 5.93. The number of nitrogens with zero attached hydrogens (tertiary/aromatic N) is 4. The number of hydrogen-bond acceptors (Lipinski definition) is 4. The fourth-order valence-electron chi connectivity index (χ4n) is 3.81. The van der Waals surface area contributed by atoms with Gasteiger partial charge in [-0.25, -0.2) is 4.98 Å². The summed E-state index contributed by atoms with van der Waals surface area (Å²) in [5.41, 5.74) is 2.37. The molecule has 0 N–H and O–H groups in total. The molecular formula is C23H24N4O3. The van der Waals surface area contributed by atoms with Crippen molar-refractivity contribution < 1.29 is 14.3 Å². The first-order valence-corrected chi connectivity index (χ1v) is 10.4. The second-order valence-corrected chi connectivity index (χ2v) is 7.90. The molecule has 3 aromatic rings. The Morgan fingerprint density at radius 2 is 1.70 bits per heavy atom. The molecule has 1 saturated carbocycles. The van der Waals surface area contributed by atoms with Gasteiger partial charge in [-0.1, -0.05) is 6.07 Å². The van der Waals surface area contributed by atoms with Gasteiger partial charge in [0.1, 0.15) is 18.0 Å². The Labute approximate surface area is 174 Å². The lowest BCUT2D eigenvalue weighted by Gasteiger charge is -2.35. The molecule has 1 saturated heterocycles. The molecule has 3 heterocycles. The van der Waals surface area contributed by atoms with Crippen LogP contribution < -0.4 is 4.74 Å². The molecule has 2 aliphatic rings. The Balaban J connectivity index is 1.15. The minimum atomic E-state index is 0.000391. The maximum absolute atomic E-state index is 12.8. The molecule has 30 heavy (non-hydrogen) atoms. The first-order valence-electron chi connectivity index (χ1n) is 10.4. The van der Waals surface area contributed by atoms with Crippen molar-refractivity contribution in [2.24, 2.45) is 5.92 Å². The minimum Gasteiger partial charge on any atom is -0.487 e. The first kappa shape index (κ1) is 18.7. The maximum Gasteiger partial charge on any atom is 0.253 e. The Bertz CT molecular complexity index is 1030. The number of pyridine rings is 1. The highest BCUT2D eigenvalue weighted by Crippen LogP contribution is 2.31. The van der Waals surface area contributed by atoms with Gasteiger partial charge in [-0.2, -0.15) is 0 Å². The van der Waals surface area contributed by atoms with E-state index in [1.807, 2.05) is 56.9 Å². The van der Waals surface area contributed by atoms with Crippen molar-refractivity contribution in [1.82, 2.24) is 19.2 Å². The average Bonchev–Trinajstić information content (AvgIpc) is 3.56. The highest BCUT2D eigenvalue weighted by Gasteiger charge is 2.35. The van der Waals surface area contributed by atoms with Gasteiger partial charge in [-0.3, -0.25) is 9.59 Å². The molecule has 7 heteroatoms.